The summed E-state index contributed by atoms with van der Waals surface area (Å²) < 4.78 is 5.48. The van der Waals surface area contributed by atoms with E-state index >= 15 is 0 Å². The van der Waals surface area contributed by atoms with Gasteiger partial charge in [0.1, 0.15) is 5.82 Å². The molecule has 0 bridgehead atoms. The summed E-state index contributed by atoms with van der Waals surface area (Å²) in [5, 5.41) is 10.5. The number of phenols is 1. The van der Waals surface area contributed by atoms with Gasteiger partial charge in [-0.25, -0.2) is 4.98 Å². The van der Waals surface area contributed by atoms with Crippen molar-refractivity contribution in [2.75, 3.05) is 13.2 Å². The van der Waals surface area contributed by atoms with Gasteiger partial charge in [-0.15, -0.1) is 0 Å². The number of nitrogens with one attached hydrogen (secondary N) is 1. The third kappa shape index (κ3) is 3.64. The first kappa shape index (κ1) is 18.3. The highest BCUT2D eigenvalue weighted by atomic mass is 16.5. The minimum Gasteiger partial charge on any atom is -0.504 e. The molecule has 6 heteroatoms. The number of rotatable bonds is 5. The number of aromatic nitrogens is 2. The maximum absolute atomic E-state index is 12.5. The van der Waals surface area contributed by atoms with Gasteiger partial charge in [-0.1, -0.05) is 42.5 Å². The minimum absolute atomic E-state index is 0.0651. The number of benzene rings is 2. The molecule has 144 valence electrons. The van der Waals surface area contributed by atoms with Crippen LogP contribution in [0.3, 0.4) is 0 Å². The van der Waals surface area contributed by atoms with Crippen LogP contribution in [-0.2, 0) is 19.5 Å². The number of aromatic hydroxyl groups is 1. The third-order valence-corrected chi connectivity index (χ3v) is 4.98. The maximum Gasteiger partial charge on any atom is 0.254 e. The molecular formula is C22H23N3O3. The second kappa shape index (κ2) is 7.86. The number of hydrogen-bond acceptors (Lipinski definition) is 5. The molecule has 0 spiro atoms. The fourth-order valence-corrected chi connectivity index (χ4v) is 3.57. The van der Waals surface area contributed by atoms with Crippen LogP contribution in [0.15, 0.2) is 53.3 Å². The maximum atomic E-state index is 12.5. The zero-order chi connectivity index (χ0) is 19.5. The Morgan fingerprint density at radius 3 is 2.79 bits per heavy atom. The van der Waals surface area contributed by atoms with Gasteiger partial charge in [-0.3, -0.25) is 9.69 Å². The Hall–Kier alpha value is -3.12. The monoisotopic (exact) mass is 377 g/mol. The first-order valence-electron chi connectivity index (χ1n) is 9.49. The van der Waals surface area contributed by atoms with Crippen LogP contribution in [0, 0.1) is 0 Å². The molecule has 0 unspecified atom stereocenters. The summed E-state index contributed by atoms with van der Waals surface area (Å²) in [5.74, 6) is 1.27. The summed E-state index contributed by atoms with van der Waals surface area (Å²) in [4.78, 5) is 22.3. The van der Waals surface area contributed by atoms with E-state index in [-0.39, 0.29) is 11.3 Å². The molecule has 0 amide bonds. The van der Waals surface area contributed by atoms with Crippen LogP contribution in [0.25, 0.3) is 11.4 Å². The summed E-state index contributed by atoms with van der Waals surface area (Å²) in [6.45, 7) is 4.27. The second-order valence-electron chi connectivity index (χ2n) is 6.86. The molecule has 0 atom stereocenters. The first-order chi connectivity index (χ1) is 13.7. The molecule has 0 fully saturated rings. The summed E-state index contributed by atoms with van der Waals surface area (Å²) >= 11 is 0. The smallest absolute Gasteiger partial charge is 0.254 e. The highest BCUT2D eigenvalue weighted by molar-refractivity contribution is 5.54. The Labute approximate surface area is 163 Å². The topological polar surface area (TPSA) is 78.5 Å². The molecule has 2 aromatic carbocycles. The van der Waals surface area contributed by atoms with E-state index < -0.39 is 0 Å². The Morgan fingerprint density at radius 1 is 1.18 bits per heavy atom. The second-order valence-corrected chi connectivity index (χ2v) is 6.86. The van der Waals surface area contributed by atoms with Crippen molar-refractivity contribution in [1.29, 1.82) is 0 Å². The lowest BCUT2D eigenvalue weighted by atomic mass is 10.0. The number of ether oxygens (including phenoxy) is 1. The predicted octanol–water partition coefficient (Wildman–Crippen LogP) is 3.10. The number of hydrogen-bond donors (Lipinski definition) is 2. The van der Waals surface area contributed by atoms with E-state index in [1.807, 2.05) is 49.4 Å². The van der Waals surface area contributed by atoms with Gasteiger partial charge < -0.3 is 14.8 Å². The van der Waals surface area contributed by atoms with E-state index in [9.17, 15) is 9.90 Å². The molecule has 6 nitrogen and oxygen atoms in total. The summed E-state index contributed by atoms with van der Waals surface area (Å²) in [6, 6.07) is 15.2. The lowest BCUT2D eigenvalue weighted by Crippen LogP contribution is -2.35. The van der Waals surface area contributed by atoms with Gasteiger partial charge in [0.05, 0.1) is 12.3 Å². The molecule has 1 aliphatic rings. The molecule has 28 heavy (non-hydrogen) atoms. The highest BCUT2D eigenvalue weighted by Crippen LogP contribution is 2.31. The number of aromatic amines is 1. The van der Waals surface area contributed by atoms with Crippen LogP contribution in [0.1, 0.15) is 23.7 Å². The van der Waals surface area contributed by atoms with Crippen LogP contribution >= 0.6 is 0 Å². The third-order valence-electron chi connectivity index (χ3n) is 4.98. The van der Waals surface area contributed by atoms with Crippen LogP contribution in [0.2, 0.25) is 0 Å². The van der Waals surface area contributed by atoms with Crippen molar-refractivity contribution in [3.8, 4) is 22.9 Å². The summed E-state index contributed by atoms with van der Waals surface area (Å²) in [7, 11) is 0. The molecule has 2 N–H and O–H groups in total. The average molecular weight is 377 g/mol. The zero-order valence-electron chi connectivity index (χ0n) is 15.8. The van der Waals surface area contributed by atoms with E-state index in [1.165, 1.54) is 0 Å². The number of para-hydroxylation sites is 1. The van der Waals surface area contributed by atoms with E-state index in [0.29, 0.717) is 37.7 Å². The molecule has 1 aliphatic heterocycles. The molecule has 4 rings (SSSR count). The molecule has 0 saturated heterocycles. The Balaban J connectivity index is 1.59. The van der Waals surface area contributed by atoms with Crippen LogP contribution in [0.5, 0.6) is 11.5 Å². The fraction of sp³-hybridized carbons (Fsp3) is 0.273. The molecular weight excluding hydrogens is 354 g/mol. The first-order valence-corrected chi connectivity index (χ1v) is 9.49. The van der Waals surface area contributed by atoms with E-state index in [2.05, 4.69) is 9.88 Å². The van der Waals surface area contributed by atoms with Gasteiger partial charge in [-0.05, 0) is 19.4 Å². The van der Waals surface area contributed by atoms with Crippen molar-refractivity contribution in [3.05, 3.63) is 75.7 Å². The standard InChI is InChI=1S/C22H23N3O3/c1-2-28-19-10-6-9-16(20(19)26)13-25-12-11-17-18(14-25)23-21(24-22(17)27)15-7-4-3-5-8-15/h3-10,26H,2,11-14H2,1H3,(H,23,24,27). The number of fused-ring (bicyclic) bond motifs is 1. The van der Waals surface area contributed by atoms with Gasteiger partial charge in [0.2, 0.25) is 0 Å². The van der Waals surface area contributed by atoms with Gasteiger partial charge in [0.15, 0.2) is 11.5 Å². The molecule has 0 aliphatic carbocycles. The van der Waals surface area contributed by atoms with Gasteiger partial charge >= 0.3 is 0 Å². The molecule has 0 saturated carbocycles. The predicted molar refractivity (Wildman–Crippen MR) is 107 cm³/mol. The minimum atomic E-state index is -0.0651. The fourth-order valence-electron chi connectivity index (χ4n) is 3.57. The number of nitrogens with zero attached hydrogens (tertiary/aromatic N) is 2. The van der Waals surface area contributed by atoms with Gasteiger partial charge in [-0.2, -0.15) is 0 Å². The van der Waals surface area contributed by atoms with Crippen molar-refractivity contribution in [2.24, 2.45) is 0 Å². The largest absolute Gasteiger partial charge is 0.504 e. The lowest BCUT2D eigenvalue weighted by Gasteiger charge is -2.28. The molecule has 0 radical (unpaired) electrons. The van der Waals surface area contributed by atoms with E-state index in [1.54, 1.807) is 6.07 Å². The van der Waals surface area contributed by atoms with E-state index in [0.717, 1.165) is 28.9 Å². The molecule has 2 heterocycles. The van der Waals surface area contributed by atoms with Crippen molar-refractivity contribution in [1.82, 2.24) is 14.9 Å². The SMILES string of the molecule is CCOc1cccc(CN2CCc3c(nc(-c4ccccc4)[nH]c3=O)C2)c1O. The van der Waals surface area contributed by atoms with Crippen LogP contribution < -0.4 is 10.3 Å². The molecule has 1 aromatic heterocycles. The highest BCUT2D eigenvalue weighted by Gasteiger charge is 2.22. The zero-order valence-corrected chi connectivity index (χ0v) is 15.8. The Kier molecular flexibility index (Phi) is 5.12. The van der Waals surface area contributed by atoms with Crippen molar-refractivity contribution >= 4 is 0 Å². The van der Waals surface area contributed by atoms with Crippen LogP contribution in [-0.4, -0.2) is 33.1 Å². The number of H-pyrrole nitrogens is 1. The normalized spacial score (nSPS) is 13.9. The quantitative estimate of drug-likeness (QED) is 0.714. The summed E-state index contributed by atoms with van der Waals surface area (Å²) in [6.07, 6.45) is 0.638. The lowest BCUT2D eigenvalue weighted by molar-refractivity contribution is 0.235. The van der Waals surface area contributed by atoms with E-state index in [4.69, 9.17) is 9.72 Å². The Bertz CT molecular complexity index is 1030. The number of phenolic OH excluding ortho intramolecular Hbond substituents is 1. The summed E-state index contributed by atoms with van der Waals surface area (Å²) in [5.41, 5.74) is 3.19. The van der Waals surface area contributed by atoms with Crippen molar-refractivity contribution in [2.45, 2.75) is 26.4 Å². The van der Waals surface area contributed by atoms with Crippen molar-refractivity contribution in [3.63, 3.8) is 0 Å². The van der Waals surface area contributed by atoms with Gasteiger partial charge in [0, 0.05) is 36.3 Å². The van der Waals surface area contributed by atoms with Gasteiger partial charge in [0.25, 0.3) is 5.56 Å². The average Bonchev–Trinajstić information content (AvgIpc) is 2.71. The van der Waals surface area contributed by atoms with Crippen molar-refractivity contribution < 1.29 is 9.84 Å². The Morgan fingerprint density at radius 2 is 2.00 bits per heavy atom. The van der Waals surface area contributed by atoms with Crippen LogP contribution in [0.4, 0.5) is 0 Å². The molecule has 3 aromatic rings.